The van der Waals surface area contributed by atoms with Gasteiger partial charge in [-0.25, -0.2) is 4.98 Å². The van der Waals surface area contributed by atoms with Crippen molar-refractivity contribution in [1.29, 1.82) is 0 Å². The largest absolute Gasteiger partial charge is 0.486 e. The predicted molar refractivity (Wildman–Crippen MR) is 122 cm³/mol. The minimum atomic E-state index is 0.516. The summed E-state index contributed by atoms with van der Waals surface area (Å²) in [4.78, 5) is 5.88. The molecule has 0 radical (unpaired) electrons. The van der Waals surface area contributed by atoms with Crippen LogP contribution < -0.4 is 4.74 Å². The van der Waals surface area contributed by atoms with Crippen molar-refractivity contribution in [2.75, 3.05) is 11.5 Å². The maximum absolute atomic E-state index is 5.92. The topological polar surface area (TPSA) is 22.1 Å². The first-order valence-electron chi connectivity index (χ1n) is 8.54. The summed E-state index contributed by atoms with van der Waals surface area (Å²) < 4.78 is 6.49. The third kappa shape index (κ3) is 5.61. The molecule has 27 heavy (non-hydrogen) atoms. The summed E-state index contributed by atoms with van der Waals surface area (Å²) >= 11 is 13.4. The number of halogens is 1. The van der Waals surface area contributed by atoms with Crippen molar-refractivity contribution in [3.63, 3.8) is 0 Å². The van der Waals surface area contributed by atoms with Gasteiger partial charge in [-0.2, -0.15) is 0 Å². The second-order valence-electron chi connectivity index (χ2n) is 5.91. The summed E-state index contributed by atoms with van der Waals surface area (Å²) in [5.41, 5.74) is 2.47. The van der Waals surface area contributed by atoms with Crippen LogP contribution in [-0.2, 0) is 12.4 Å². The minimum Gasteiger partial charge on any atom is -0.486 e. The molecule has 7 heteroatoms. The van der Waals surface area contributed by atoms with Gasteiger partial charge in [-0.05, 0) is 42.0 Å². The zero-order chi connectivity index (χ0) is 18.5. The molecule has 4 rings (SSSR count). The number of hydrogen-bond donors (Lipinski definition) is 0. The molecule has 0 saturated carbocycles. The molecule has 1 fully saturated rings. The molecule has 3 aromatic rings. The fourth-order valence-corrected chi connectivity index (χ4v) is 7.17. The van der Waals surface area contributed by atoms with Crippen molar-refractivity contribution in [1.82, 2.24) is 4.98 Å². The van der Waals surface area contributed by atoms with Gasteiger partial charge in [-0.1, -0.05) is 23.7 Å². The van der Waals surface area contributed by atoms with E-state index < -0.39 is 0 Å². The summed E-state index contributed by atoms with van der Waals surface area (Å²) in [6.45, 7) is 0.516. The van der Waals surface area contributed by atoms with Gasteiger partial charge in [0.05, 0.1) is 10.3 Å². The number of hydrogen-bond acceptors (Lipinski definition) is 6. The zero-order valence-corrected chi connectivity index (χ0v) is 18.5. The molecule has 0 atom stereocenters. The van der Waals surface area contributed by atoms with Gasteiger partial charge < -0.3 is 4.74 Å². The van der Waals surface area contributed by atoms with Gasteiger partial charge in [0.25, 0.3) is 0 Å². The van der Waals surface area contributed by atoms with Crippen LogP contribution in [0.4, 0.5) is 0 Å². The highest BCUT2D eigenvalue weighted by Gasteiger charge is 2.17. The summed E-state index contributed by atoms with van der Waals surface area (Å²) in [6, 6.07) is 16.4. The lowest BCUT2D eigenvalue weighted by molar-refractivity contribution is 0.305. The third-order valence-corrected chi connectivity index (χ3v) is 9.21. The molecule has 0 spiro atoms. The molecule has 0 bridgehead atoms. The molecule has 0 unspecified atom stereocenters. The molecule has 2 nitrogen and oxygen atoms in total. The molecular formula is C20H18ClNOS4. The average molecular weight is 452 g/mol. The van der Waals surface area contributed by atoms with E-state index in [0.29, 0.717) is 11.2 Å². The summed E-state index contributed by atoms with van der Waals surface area (Å²) in [5, 5.41) is 3.88. The molecule has 1 aliphatic rings. The lowest BCUT2D eigenvalue weighted by atomic mass is 10.2. The highest BCUT2D eigenvalue weighted by Crippen LogP contribution is 2.45. The number of benzene rings is 2. The standard InChI is InChI=1S/C20H18ClNOS4/c21-15-3-7-18(8-4-15)26-12-16-13-27-19(22-16)11-23-17-5-1-14(2-6-17)20-24-9-10-25-20/h1-8,13,20H,9-12H2. The maximum atomic E-state index is 5.92. The number of ether oxygens (including phenoxy) is 1. The van der Waals surface area contributed by atoms with Gasteiger partial charge in [-0.15, -0.1) is 46.6 Å². The first kappa shape index (κ1) is 19.5. The maximum Gasteiger partial charge on any atom is 0.140 e. The van der Waals surface area contributed by atoms with Crippen molar-refractivity contribution in [2.24, 2.45) is 0 Å². The second kappa shape index (κ2) is 9.61. The Morgan fingerprint density at radius 1 is 1.04 bits per heavy atom. The van der Waals surface area contributed by atoms with E-state index in [2.05, 4.69) is 34.6 Å². The Kier molecular flexibility index (Phi) is 6.95. The van der Waals surface area contributed by atoms with Crippen LogP contribution in [0.15, 0.2) is 58.8 Å². The van der Waals surface area contributed by atoms with E-state index in [1.54, 1.807) is 23.1 Å². The first-order chi connectivity index (χ1) is 13.3. The lowest BCUT2D eigenvalue weighted by Crippen LogP contribution is -1.95. The van der Waals surface area contributed by atoms with Gasteiger partial charge in [0, 0.05) is 32.6 Å². The number of rotatable bonds is 7. The number of thiazole rings is 1. The Hall–Kier alpha value is -0.790. The second-order valence-corrected chi connectivity index (χ2v) is 11.1. The highest BCUT2D eigenvalue weighted by atomic mass is 35.5. The third-order valence-electron chi connectivity index (χ3n) is 3.94. The number of aromatic nitrogens is 1. The zero-order valence-electron chi connectivity index (χ0n) is 14.5. The van der Waals surface area contributed by atoms with Crippen molar-refractivity contribution in [2.45, 2.75) is 21.8 Å². The number of thioether (sulfide) groups is 3. The van der Waals surface area contributed by atoms with E-state index in [-0.39, 0.29) is 0 Å². The molecule has 2 aromatic carbocycles. The van der Waals surface area contributed by atoms with E-state index in [0.717, 1.165) is 27.2 Å². The quantitative estimate of drug-likeness (QED) is 0.355. The Morgan fingerprint density at radius 2 is 1.78 bits per heavy atom. The summed E-state index contributed by atoms with van der Waals surface area (Å²) in [7, 11) is 0. The van der Waals surface area contributed by atoms with E-state index in [4.69, 9.17) is 16.3 Å². The van der Waals surface area contributed by atoms with Crippen LogP contribution in [-0.4, -0.2) is 16.5 Å². The van der Waals surface area contributed by atoms with Crippen LogP contribution in [0.5, 0.6) is 5.75 Å². The van der Waals surface area contributed by atoms with Crippen molar-refractivity contribution >= 4 is 58.2 Å². The highest BCUT2D eigenvalue weighted by molar-refractivity contribution is 8.19. The van der Waals surface area contributed by atoms with Crippen LogP contribution in [0.2, 0.25) is 5.02 Å². The number of nitrogens with zero attached hydrogens (tertiary/aromatic N) is 1. The van der Waals surface area contributed by atoms with E-state index >= 15 is 0 Å². The molecule has 1 saturated heterocycles. The van der Waals surface area contributed by atoms with Crippen molar-refractivity contribution in [3.05, 3.63) is 75.2 Å². The summed E-state index contributed by atoms with van der Waals surface area (Å²) in [5.74, 6) is 4.25. The summed E-state index contributed by atoms with van der Waals surface area (Å²) in [6.07, 6.45) is 0. The van der Waals surface area contributed by atoms with Crippen LogP contribution in [0, 0.1) is 0 Å². The van der Waals surface area contributed by atoms with Gasteiger partial charge in [0.15, 0.2) is 0 Å². The average Bonchev–Trinajstić information content (AvgIpc) is 3.39. The minimum absolute atomic E-state index is 0.516. The monoisotopic (exact) mass is 451 g/mol. The Labute approximate surface area is 181 Å². The van der Waals surface area contributed by atoms with Crippen LogP contribution in [0.25, 0.3) is 0 Å². The van der Waals surface area contributed by atoms with Crippen molar-refractivity contribution < 1.29 is 4.74 Å². The van der Waals surface area contributed by atoms with E-state index in [1.807, 2.05) is 47.8 Å². The Bertz CT molecular complexity index is 860. The van der Waals surface area contributed by atoms with Crippen LogP contribution in [0.3, 0.4) is 0 Å². The first-order valence-corrected chi connectivity index (χ1v) is 12.9. The smallest absolute Gasteiger partial charge is 0.140 e. The lowest BCUT2D eigenvalue weighted by Gasteiger charge is -2.09. The van der Waals surface area contributed by atoms with Gasteiger partial charge in [0.1, 0.15) is 17.4 Å². The van der Waals surface area contributed by atoms with Crippen LogP contribution in [0.1, 0.15) is 20.8 Å². The Morgan fingerprint density at radius 3 is 2.52 bits per heavy atom. The normalized spacial score (nSPS) is 14.6. The van der Waals surface area contributed by atoms with Gasteiger partial charge in [0.2, 0.25) is 0 Å². The van der Waals surface area contributed by atoms with Gasteiger partial charge >= 0.3 is 0 Å². The molecule has 0 N–H and O–H groups in total. The molecular weight excluding hydrogens is 434 g/mol. The van der Waals surface area contributed by atoms with E-state index in [1.165, 1.54) is 22.0 Å². The van der Waals surface area contributed by atoms with Crippen LogP contribution >= 0.6 is 58.2 Å². The van der Waals surface area contributed by atoms with E-state index in [9.17, 15) is 0 Å². The van der Waals surface area contributed by atoms with Gasteiger partial charge in [-0.3, -0.25) is 0 Å². The fraction of sp³-hybridized carbons (Fsp3) is 0.250. The molecule has 1 aliphatic heterocycles. The fourth-order valence-electron chi connectivity index (χ4n) is 2.59. The molecule has 2 heterocycles. The molecule has 140 valence electrons. The molecule has 0 aliphatic carbocycles. The van der Waals surface area contributed by atoms with Crippen molar-refractivity contribution in [3.8, 4) is 5.75 Å². The molecule has 1 aromatic heterocycles. The predicted octanol–water partition coefficient (Wildman–Crippen LogP) is 7.15. The Balaban J connectivity index is 1.27. The molecule has 0 amide bonds. The SMILES string of the molecule is Clc1ccc(SCc2csc(COc3ccc(C4SCCS4)cc3)n2)cc1.